The molecule has 9 heteroatoms. The van der Waals surface area contributed by atoms with Gasteiger partial charge >= 0.3 is 0 Å². The van der Waals surface area contributed by atoms with Gasteiger partial charge in [-0.2, -0.15) is 10.2 Å². The summed E-state index contributed by atoms with van der Waals surface area (Å²) in [7, 11) is 3.11. The molecule has 0 radical (unpaired) electrons. The predicted molar refractivity (Wildman–Crippen MR) is 114 cm³/mol. The van der Waals surface area contributed by atoms with Gasteiger partial charge in [-0.05, 0) is 42.0 Å². The zero-order valence-electron chi connectivity index (χ0n) is 16.8. The van der Waals surface area contributed by atoms with E-state index in [0.717, 1.165) is 0 Å². The lowest BCUT2D eigenvalue weighted by Crippen LogP contribution is -2.38. The number of benzene rings is 2. The molecule has 4 rings (SSSR count). The second-order valence-electron chi connectivity index (χ2n) is 6.88. The molecular weight excluding hydrogens is 398 g/mol. The van der Waals surface area contributed by atoms with Gasteiger partial charge in [0.05, 0.1) is 25.9 Å². The fourth-order valence-electron chi connectivity index (χ4n) is 3.55. The van der Waals surface area contributed by atoms with Crippen molar-refractivity contribution in [3.63, 3.8) is 0 Å². The molecule has 3 N–H and O–H groups in total. The van der Waals surface area contributed by atoms with Crippen LogP contribution in [0.1, 0.15) is 17.0 Å². The van der Waals surface area contributed by atoms with E-state index in [4.69, 9.17) is 9.47 Å². The summed E-state index contributed by atoms with van der Waals surface area (Å²) in [6, 6.07) is 16.0. The van der Waals surface area contributed by atoms with Gasteiger partial charge in [-0.1, -0.05) is 12.1 Å². The first-order valence-corrected chi connectivity index (χ1v) is 9.43. The first-order valence-electron chi connectivity index (χ1n) is 9.43. The molecule has 3 aromatic rings. The van der Waals surface area contributed by atoms with Crippen molar-refractivity contribution in [2.75, 3.05) is 24.9 Å². The molecule has 0 bridgehead atoms. The minimum Gasteiger partial charge on any atom is -0.497 e. The molecule has 156 valence electrons. The lowest BCUT2D eigenvalue weighted by Gasteiger charge is -2.28. The summed E-state index contributed by atoms with van der Waals surface area (Å²) in [5.74, 6) is -0.729. The zero-order valence-corrected chi connectivity index (χ0v) is 16.8. The number of aromatic amines is 1. The average molecular weight is 417 g/mol. The van der Waals surface area contributed by atoms with Crippen LogP contribution in [0.3, 0.4) is 0 Å². The number of aromatic nitrogens is 2. The molecule has 1 aliphatic heterocycles. The third kappa shape index (κ3) is 3.79. The molecule has 1 amide bonds. The number of nitriles is 1. The van der Waals surface area contributed by atoms with Gasteiger partial charge in [-0.25, -0.2) is 0 Å². The number of hydrogen-bond acceptors (Lipinski definition) is 7. The van der Waals surface area contributed by atoms with E-state index in [9.17, 15) is 14.9 Å². The molecule has 2 aromatic carbocycles. The van der Waals surface area contributed by atoms with E-state index in [2.05, 4.69) is 20.6 Å². The summed E-state index contributed by atoms with van der Waals surface area (Å²) < 4.78 is 10.3. The van der Waals surface area contributed by atoms with Crippen molar-refractivity contribution in [2.45, 2.75) is 5.92 Å². The van der Waals surface area contributed by atoms with Crippen LogP contribution in [0.4, 0.5) is 17.5 Å². The number of H-pyrrole nitrogens is 1. The van der Waals surface area contributed by atoms with E-state index in [1.54, 1.807) is 62.8 Å². The first-order chi connectivity index (χ1) is 15.0. The molecule has 0 fully saturated rings. The standard InChI is InChI=1S/C22H19N5O4/c1-30-14-7-3-12(4-8-14)17-16(11-23)20(28)25-19-18(17)21(29)27-22(26-19)24-13-5-9-15(31-2)10-6-13/h3-10,16-17H,1-2H3,(H3,24,25,26,27,28,29)/t16-,17+/m0/s1. The number of hydrogen-bond donors (Lipinski definition) is 3. The summed E-state index contributed by atoms with van der Waals surface area (Å²) >= 11 is 0. The summed E-state index contributed by atoms with van der Waals surface area (Å²) in [4.78, 5) is 32.7. The van der Waals surface area contributed by atoms with Crippen molar-refractivity contribution >= 4 is 23.4 Å². The number of amides is 1. The number of anilines is 3. The van der Waals surface area contributed by atoms with Crippen LogP contribution in [-0.2, 0) is 4.79 Å². The predicted octanol–water partition coefficient (Wildman–Crippen LogP) is 2.75. The minimum atomic E-state index is -1.07. The highest BCUT2D eigenvalue weighted by atomic mass is 16.5. The van der Waals surface area contributed by atoms with E-state index in [1.165, 1.54) is 0 Å². The van der Waals surface area contributed by atoms with Gasteiger partial charge in [0.1, 0.15) is 23.2 Å². The Hall–Kier alpha value is -4.32. The van der Waals surface area contributed by atoms with E-state index in [1.807, 2.05) is 6.07 Å². The van der Waals surface area contributed by atoms with Crippen LogP contribution in [0.25, 0.3) is 0 Å². The van der Waals surface area contributed by atoms with Crippen molar-refractivity contribution < 1.29 is 14.3 Å². The Labute approximate surface area is 177 Å². The van der Waals surface area contributed by atoms with Crippen molar-refractivity contribution in [1.82, 2.24) is 9.97 Å². The van der Waals surface area contributed by atoms with Crippen LogP contribution in [0.15, 0.2) is 53.3 Å². The van der Waals surface area contributed by atoms with Gasteiger partial charge in [0.15, 0.2) is 0 Å². The normalized spacial score (nSPS) is 17.1. The van der Waals surface area contributed by atoms with Gasteiger partial charge in [0.2, 0.25) is 11.9 Å². The third-order valence-corrected chi connectivity index (χ3v) is 5.09. The molecule has 0 saturated carbocycles. The molecule has 2 heterocycles. The topological polar surface area (TPSA) is 129 Å². The van der Waals surface area contributed by atoms with Crippen molar-refractivity contribution in [2.24, 2.45) is 5.92 Å². The van der Waals surface area contributed by atoms with Gasteiger partial charge in [-0.15, -0.1) is 0 Å². The Balaban J connectivity index is 1.75. The molecule has 0 aliphatic carbocycles. The second kappa shape index (κ2) is 8.20. The number of carbonyl (C=O) groups excluding carboxylic acids is 1. The van der Waals surface area contributed by atoms with Crippen LogP contribution in [0, 0.1) is 17.2 Å². The van der Waals surface area contributed by atoms with E-state index in [-0.39, 0.29) is 17.3 Å². The van der Waals surface area contributed by atoms with Crippen LogP contribution in [0.2, 0.25) is 0 Å². The molecule has 1 aliphatic rings. The molecule has 31 heavy (non-hydrogen) atoms. The van der Waals surface area contributed by atoms with Crippen LogP contribution < -0.4 is 25.7 Å². The summed E-state index contributed by atoms with van der Waals surface area (Å²) in [6.07, 6.45) is 0. The number of nitrogens with one attached hydrogen (secondary N) is 3. The maximum atomic E-state index is 13.0. The smallest absolute Gasteiger partial charge is 0.258 e. The molecule has 1 aromatic heterocycles. The second-order valence-corrected chi connectivity index (χ2v) is 6.88. The Kier molecular flexibility index (Phi) is 5.28. The lowest BCUT2D eigenvalue weighted by atomic mass is 9.79. The highest BCUT2D eigenvalue weighted by molar-refractivity contribution is 5.98. The van der Waals surface area contributed by atoms with Crippen molar-refractivity contribution in [3.05, 3.63) is 70.0 Å². The molecule has 0 spiro atoms. The van der Waals surface area contributed by atoms with Crippen molar-refractivity contribution in [1.29, 1.82) is 5.26 Å². The van der Waals surface area contributed by atoms with E-state index < -0.39 is 23.3 Å². The van der Waals surface area contributed by atoms with E-state index >= 15 is 0 Å². The highest BCUT2D eigenvalue weighted by Gasteiger charge is 2.40. The Morgan fingerprint density at radius 3 is 2.19 bits per heavy atom. The van der Waals surface area contributed by atoms with Crippen LogP contribution in [-0.4, -0.2) is 30.1 Å². The maximum Gasteiger partial charge on any atom is 0.258 e. The summed E-state index contributed by atoms with van der Waals surface area (Å²) in [5, 5.41) is 15.2. The monoisotopic (exact) mass is 417 g/mol. The maximum absolute atomic E-state index is 13.0. The van der Waals surface area contributed by atoms with Gasteiger partial charge in [0.25, 0.3) is 5.56 Å². The van der Waals surface area contributed by atoms with Gasteiger partial charge in [0, 0.05) is 11.6 Å². The average Bonchev–Trinajstić information content (AvgIpc) is 2.78. The minimum absolute atomic E-state index is 0.122. The number of rotatable bonds is 5. The van der Waals surface area contributed by atoms with Crippen LogP contribution in [0.5, 0.6) is 11.5 Å². The fourth-order valence-corrected chi connectivity index (χ4v) is 3.55. The SMILES string of the molecule is COc1ccc(Nc2nc3c(c(=O)[nH]2)[C@H](c2ccc(OC)cc2)[C@H](C#N)C(=O)N3)cc1. The molecular formula is C22H19N5O4. The molecule has 2 atom stereocenters. The summed E-state index contributed by atoms with van der Waals surface area (Å²) in [5.41, 5.74) is 1.11. The van der Waals surface area contributed by atoms with E-state index in [0.29, 0.717) is 22.7 Å². The first kappa shape index (κ1) is 20.0. The number of fused-ring (bicyclic) bond motifs is 1. The lowest BCUT2D eigenvalue weighted by molar-refractivity contribution is -0.119. The van der Waals surface area contributed by atoms with Gasteiger partial charge < -0.3 is 20.1 Å². The highest BCUT2D eigenvalue weighted by Crippen LogP contribution is 2.38. The molecule has 0 saturated heterocycles. The number of methoxy groups -OCH3 is 2. The quantitative estimate of drug-likeness (QED) is 0.582. The van der Waals surface area contributed by atoms with Crippen molar-refractivity contribution in [3.8, 4) is 17.6 Å². The number of ether oxygens (including phenoxy) is 2. The largest absolute Gasteiger partial charge is 0.497 e. The Bertz CT molecular complexity index is 1210. The zero-order chi connectivity index (χ0) is 22.0. The third-order valence-electron chi connectivity index (χ3n) is 5.09. The summed E-state index contributed by atoms with van der Waals surface area (Å²) in [6.45, 7) is 0. The van der Waals surface area contributed by atoms with Crippen LogP contribution >= 0.6 is 0 Å². The van der Waals surface area contributed by atoms with Gasteiger partial charge in [-0.3, -0.25) is 14.6 Å². The Morgan fingerprint density at radius 2 is 1.61 bits per heavy atom. The molecule has 9 nitrogen and oxygen atoms in total. The number of nitrogens with zero attached hydrogens (tertiary/aromatic N) is 2. The fraction of sp³-hybridized carbons (Fsp3) is 0.182. The Morgan fingerprint density at radius 1 is 1.00 bits per heavy atom. The molecule has 0 unspecified atom stereocenters. The number of carbonyl (C=O) groups is 1.